The van der Waals surface area contributed by atoms with Crippen LogP contribution in [0.15, 0.2) is 23.0 Å². The molecule has 0 amide bonds. The molecule has 16 heavy (non-hydrogen) atoms. The zero-order chi connectivity index (χ0) is 11.9. The number of nitrogens with one attached hydrogen (secondary N) is 1. The van der Waals surface area contributed by atoms with Crippen molar-refractivity contribution in [2.45, 2.75) is 6.92 Å². The number of rotatable bonds is 1. The maximum atomic E-state index is 11.7. The molecule has 2 rings (SSSR count). The minimum absolute atomic E-state index is 0.162. The van der Waals surface area contributed by atoms with E-state index >= 15 is 0 Å². The second-order valence-electron chi connectivity index (χ2n) is 3.47. The number of carboxylic acids is 1. The third-order valence-electron chi connectivity index (χ3n) is 2.39. The van der Waals surface area contributed by atoms with E-state index in [2.05, 4.69) is 4.98 Å². The first-order chi connectivity index (χ1) is 7.50. The Labute approximate surface area is 95.5 Å². The standard InChI is InChI=1S/C11H8ClNO3/c1-5-2-3-7(12)6-4-8(11(15)16)13-10(14)9(5)6/h2-4H,1H3,(H,13,14)(H,15,16). The van der Waals surface area contributed by atoms with E-state index in [9.17, 15) is 9.59 Å². The van der Waals surface area contributed by atoms with Gasteiger partial charge in [-0.3, -0.25) is 4.79 Å². The molecule has 0 saturated heterocycles. The molecule has 0 bridgehead atoms. The van der Waals surface area contributed by atoms with Crippen LogP contribution in [0, 0.1) is 6.92 Å². The predicted octanol–water partition coefficient (Wildman–Crippen LogP) is 2.19. The Kier molecular flexibility index (Phi) is 2.44. The SMILES string of the molecule is Cc1ccc(Cl)c2cc(C(=O)O)[nH]c(=O)c12. The van der Waals surface area contributed by atoms with Crippen LogP contribution < -0.4 is 5.56 Å². The minimum atomic E-state index is -1.18. The molecule has 0 unspecified atom stereocenters. The first-order valence-electron chi connectivity index (χ1n) is 4.56. The number of halogens is 1. The van der Waals surface area contributed by atoms with Gasteiger partial charge in [0.15, 0.2) is 0 Å². The lowest BCUT2D eigenvalue weighted by Gasteiger charge is -2.04. The zero-order valence-corrected chi connectivity index (χ0v) is 9.13. The van der Waals surface area contributed by atoms with Crippen LogP contribution in [0.5, 0.6) is 0 Å². The van der Waals surface area contributed by atoms with Gasteiger partial charge >= 0.3 is 5.97 Å². The average molecular weight is 238 g/mol. The first kappa shape index (κ1) is 10.7. The topological polar surface area (TPSA) is 70.2 Å². The molecular weight excluding hydrogens is 230 g/mol. The Hall–Kier alpha value is -1.81. The molecule has 0 saturated carbocycles. The van der Waals surface area contributed by atoms with E-state index < -0.39 is 11.5 Å². The normalized spacial score (nSPS) is 10.6. The molecule has 0 radical (unpaired) electrons. The van der Waals surface area contributed by atoms with E-state index in [1.807, 2.05) is 0 Å². The van der Waals surface area contributed by atoms with E-state index in [0.29, 0.717) is 15.8 Å². The molecule has 4 nitrogen and oxygen atoms in total. The fourth-order valence-corrected chi connectivity index (χ4v) is 1.84. The summed E-state index contributed by atoms with van der Waals surface area (Å²) in [4.78, 5) is 24.8. The van der Waals surface area contributed by atoms with E-state index in [0.717, 1.165) is 5.56 Å². The maximum Gasteiger partial charge on any atom is 0.352 e. The molecule has 2 N–H and O–H groups in total. The molecule has 5 heteroatoms. The molecule has 0 fully saturated rings. The lowest BCUT2D eigenvalue weighted by atomic mass is 10.1. The van der Waals surface area contributed by atoms with E-state index in [4.69, 9.17) is 16.7 Å². The van der Waals surface area contributed by atoms with E-state index in [-0.39, 0.29) is 5.69 Å². The van der Waals surface area contributed by atoms with Gasteiger partial charge in [-0.1, -0.05) is 17.7 Å². The Morgan fingerprint density at radius 1 is 1.44 bits per heavy atom. The molecule has 2 aromatic rings. The number of hydrogen-bond donors (Lipinski definition) is 2. The summed E-state index contributed by atoms with van der Waals surface area (Å²) in [6.07, 6.45) is 0. The molecule has 0 spiro atoms. The predicted molar refractivity (Wildman–Crippen MR) is 61.3 cm³/mol. The number of pyridine rings is 1. The Morgan fingerprint density at radius 3 is 2.75 bits per heavy atom. The monoisotopic (exact) mass is 237 g/mol. The van der Waals surface area contributed by atoms with Crippen LogP contribution in [0.25, 0.3) is 10.8 Å². The Bertz CT molecular complexity index is 645. The van der Waals surface area contributed by atoms with Crippen LogP contribution in [-0.4, -0.2) is 16.1 Å². The van der Waals surface area contributed by atoms with Crippen molar-refractivity contribution in [3.63, 3.8) is 0 Å². The molecule has 82 valence electrons. The number of carboxylic acid groups (broad SMARTS) is 1. The van der Waals surface area contributed by atoms with E-state index in [1.54, 1.807) is 19.1 Å². The van der Waals surface area contributed by atoms with Gasteiger partial charge in [0.1, 0.15) is 5.69 Å². The maximum absolute atomic E-state index is 11.7. The third-order valence-corrected chi connectivity index (χ3v) is 2.72. The van der Waals surface area contributed by atoms with Crippen molar-refractivity contribution < 1.29 is 9.90 Å². The van der Waals surface area contributed by atoms with Gasteiger partial charge in [-0.25, -0.2) is 4.79 Å². The van der Waals surface area contributed by atoms with E-state index in [1.165, 1.54) is 6.07 Å². The number of aromatic amines is 1. The van der Waals surface area contributed by atoms with Gasteiger partial charge in [0.05, 0.1) is 5.39 Å². The van der Waals surface area contributed by atoms with Crippen LogP contribution in [0.3, 0.4) is 0 Å². The quantitative estimate of drug-likeness (QED) is 0.799. The highest BCUT2D eigenvalue weighted by Crippen LogP contribution is 2.23. The van der Waals surface area contributed by atoms with Gasteiger partial charge in [-0.2, -0.15) is 0 Å². The smallest absolute Gasteiger partial charge is 0.352 e. The minimum Gasteiger partial charge on any atom is -0.477 e. The number of carbonyl (C=O) groups is 1. The van der Waals surface area contributed by atoms with Crippen molar-refractivity contribution in [3.05, 3.63) is 44.8 Å². The van der Waals surface area contributed by atoms with Crippen molar-refractivity contribution in [1.82, 2.24) is 4.98 Å². The summed E-state index contributed by atoms with van der Waals surface area (Å²) in [5, 5.41) is 10.1. The van der Waals surface area contributed by atoms with Gasteiger partial charge in [-0.05, 0) is 24.6 Å². The molecular formula is C11H8ClNO3. The summed E-state index contributed by atoms with van der Waals surface area (Å²) in [5.41, 5.74) is 0.164. The molecule has 0 aliphatic carbocycles. The van der Waals surface area contributed by atoms with Crippen molar-refractivity contribution in [2.24, 2.45) is 0 Å². The summed E-state index contributed by atoms with van der Waals surface area (Å²) in [5.74, 6) is -1.18. The highest BCUT2D eigenvalue weighted by atomic mass is 35.5. The van der Waals surface area contributed by atoms with Gasteiger partial charge < -0.3 is 10.1 Å². The van der Waals surface area contributed by atoms with Crippen LogP contribution in [0.1, 0.15) is 16.1 Å². The van der Waals surface area contributed by atoms with Gasteiger partial charge in [0, 0.05) is 10.4 Å². The van der Waals surface area contributed by atoms with Gasteiger partial charge in [0.25, 0.3) is 5.56 Å². The van der Waals surface area contributed by atoms with Gasteiger partial charge in [0.2, 0.25) is 0 Å². The number of aromatic nitrogens is 1. The number of H-pyrrole nitrogens is 1. The largest absolute Gasteiger partial charge is 0.477 e. The van der Waals surface area contributed by atoms with Crippen LogP contribution >= 0.6 is 11.6 Å². The second-order valence-corrected chi connectivity index (χ2v) is 3.88. The number of hydrogen-bond acceptors (Lipinski definition) is 2. The lowest BCUT2D eigenvalue weighted by Crippen LogP contribution is -2.13. The summed E-state index contributed by atoms with van der Waals surface area (Å²) in [7, 11) is 0. The molecule has 0 atom stereocenters. The van der Waals surface area contributed by atoms with Crippen molar-refractivity contribution >= 4 is 28.3 Å². The lowest BCUT2D eigenvalue weighted by molar-refractivity contribution is 0.0690. The third kappa shape index (κ3) is 1.57. The number of aryl methyl sites for hydroxylation is 1. The fraction of sp³-hybridized carbons (Fsp3) is 0.0909. The average Bonchev–Trinajstić information content (AvgIpc) is 2.22. The first-order valence-corrected chi connectivity index (χ1v) is 4.94. The Balaban J connectivity index is 2.98. The van der Waals surface area contributed by atoms with Crippen molar-refractivity contribution in [1.29, 1.82) is 0 Å². The molecule has 1 aromatic carbocycles. The van der Waals surface area contributed by atoms with Crippen LogP contribution in [0.4, 0.5) is 0 Å². The summed E-state index contributed by atoms with van der Waals surface area (Å²) in [6, 6.07) is 4.74. The summed E-state index contributed by atoms with van der Waals surface area (Å²) < 4.78 is 0. The number of benzene rings is 1. The van der Waals surface area contributed by atoms with Crippen LogP contribution in [0.2, 0.25) is 5.02 Å². The fourth-order valence-electron chi connectivity index (χ4n) is 1.63. The Morgan fingerprint density at radius 2 is 2.12 bits per heavy atom. The molecule has 0 aliphatic heterocycles. The molecule has 1 heterocycles. The molecule has 0 aliphatic rings. The van der Waals surface area contributed by atoms with Gasteiger partial charge in [-0.15, -0.1) is 0 Å². The highest BCUT2D eigenvalue weighted by molar-refractivity contribution is 6.35. The number of aromatic carboxylic acids is 1. The zero-order valence-electron chi connectivity index (χ0n) is 8.37. The van der Waals surface area contributed by atoms with Crippen LogP contribution in [-0.2, 0) is 0 Å². The summed E-state index contributed by atoms with van der Waals surface area (Å²) >= 11 is 5.93. The van der Waals surface area contributed by atoms with Crippen molar-refractivity contribution in [3.8, 4) is 0 Å². The number of fused-ring (bicyclic) bond motifs is 1. The van der Waals surface area contributed by atoms with Crippen molar-refractivity contribution in [2.75, 3.05) is 0 Å². The highest BCUT2D eigenvalue weighted by Gasteiger charge is 2.11. The second kappa shape index (κ2) is 3.64. The molecule has 1 aromatic heterocycles. The summed E-state index contributed by atoms with van der Waals surface area (Å²) in [6.45, 7) is 1.77.